The third-order valence-electron chi connectivity index (χ3n) is 8.53. The molecule has 0 spiro atoms. The van der Waals surface area contributed by atoms with Gasteiger partial charge in [-0.1, -0.05) is 25.7 Å². The van der Waals surface area contributed by atoms with E-state index < -0.39 is 20.0 Å². The van der Waals surface area contributed by atoms with Gasteiger partial charge in [-0.25, -0.2) is 14.8 Å². The normalized spacial score (nSPS) is 18.9. The average molecular weight is 682 g/mol. The summed E-state index contributed by atoms with van der Waals surface area (Å²) in [5.74, 6) is 0.863. The van der Waals surface area contributed by atoms with Gasteiger partial charge in [-0.2, -0.15) is 5.10 Å². The molecule has 2 fully saturated rings. The van der Waals surface area contributed by atoms with E-state index in [1.165, 1.54) is 0 Å². The largest absolute Gasteiger partial charge is 0.444 e. The standard InChI is InChI=1S/C35H55N7O5Si/c1-25(2)46-33(45-19-20-48(6,7)8)26-9-10-29-28(21-26)32(39-38-29)30-22-31(37-24-36-30)42-17-18-44-27(23-42)11-12-40-13-15-41(16-14-40)34(43)47-35(3,4)5/h9-10,21-22,24-25,27,33H,11-20,23H2,1-8H3,(H,38,39). The number of amides is 1. The number of rotatable bonds is 12. The zero-order valence-electron chi connectivity index (χ0n) is 30.1. The molecule has 264 valence electrons. The molecule has 2 unspecified atom stereocenters. The molecule has 1 N–H and O–H groups in total. The summed E-state index contributed by atoms with van der Waals surface area (Å²) in [6.07, 6.45) is 1.97. The lowest BCUT2D eigenvalue weighted by Gasteiger charge is -2.37. The summed E-state index contributed by atoms with van der Waals surface area (Å²) in [4.78, 5) is 28.2. The van der Waals surface area contributed by atoms with Crippen LogP contribution in [0.2, 0.25) is 25.7 Å². The number of carbonyl (C=O) groups excluding carboxylic acids is 1. The molecule has 2 aliphatic rings. The molecular weight excluding hydrogens is 627 g/mol. The smallest absolute Gasteiger partial charge is 0.410 e. The third-order valence-corrected chi connectivity index (χ3v) is 10.2. The Balaban J connectivity index is 1.21. The molecule has 0 bridgehead atoms. The molecule has 2 atom stereocenters. The van der Waals surface area contributed by atoms with Gasteiger partial charge in [0.25, 0.3) is 0 Å². The Morgan fingerprint density at radius 1 is 1.08 bits per heavy atom. The molecule has 12 nitrogen and oxygen atoms in total. The van der Waals surface area contributed by atoms with Crippen molar-refractivity contribution in [1.29, 1.82) is 0 Å². The van der Waals surface area contributed by atoms with Gasteiger partial charge < -0.3 is 28.7 Å². The van der Waals surface area contributed by atoms with E-state index in [-0.39, 0.29) is 18.3 Å². The van der Waals surface area contributed by atoms with E-state index in [1.807, 2.05) is 52.8 Å². The first kappa shape index (κ1) is 36.2. The molecule has 4 heterocycles. The minimum atomic E-state index is -1.24. The van der Waals surface area contributed by atoms with Crippen LogP contribution >= 0.6 is 0 Å². The van der Waals surface area contributed by atoms with Gasteiger partial charge in [0, 0.05) is 77.5 Å². The lowest BCUT2D eigenvalue weighted by atomic mass is 10.1. The monoisotopic (exact) mass is 681 g/mol. The minimum Gasteiger partial charge on any atom is -0.444 e. The highest BCUT2D eigenvalue weighted by Crippen LogP contribution is 2.31. The van der Waals surface area contributed by atoms with Crippen molar-refractivity contribution < 1.29 is 23.7 Å². The predicted molar refractivity (Wildman–Crippen MR) is 191 cm³/mol. The SMILES string of the molecule is CC(C)OC(OCC[Si](C)(C)C)c1ccc2[nH]nc(-c3cc(N4CCOC(CCN5CCN(C(=O)OC(C)(C)C)CC5)C4)ncn3)c2c1. The summed E-state index contributed by atoms with van der Waals surface area (Å²) >= 11 is 0. The molecular formula is C35H55N7O5Si. The number of nitrogens with zero attached hydrogens (tertiary/aromatic N) is 6. The van der Waals surface area contributed by atoms with Crippen LogP contribution in [0.4, 0.5) is 10.6 Å². The van der Waals surface area contributed by atoms with Crippen LogP contribution < -0.4 is 4.90 Å². The van der Waals surface area contributed by atoms with Crippen LogP contribution in [-0.2, 0) is 18.9 Å². The van der Waals surface area contributed by atoms with Crippen LogP contribution in [0, 0.1) is 0 Å². The minimum absolute atomic E-state index is 0.0255. The van der Waals surface area contributed by atoms with Crippen LogP contribution in [0.5, 0.6) is 0 Å². The van der Waals surface area contributed by atoms with Gasteiger partial charge in [-0.3, -0.25) is 10.00 Å². The summed E-state index contributed by atoms with van der Waals surface area (Å²) < 4.78 is 24.2. The van der Waals surface area contributed by atoms with E-state index in [9.17, 15) is 4.79 Å². The van der Waals surface area contributed by atoms with Crippen molar-refractivity contribution in [2.45, 2.75) is 90.8 Å². The summed E-state index contributed by atoms with van der Waals surface area (Å²) in [6, 6.07) is 9.28. The maximum Gasteiger partial charge on any atom is 0.410 e. The molecule has 2 aliphatic heterocycles. The molecule has 5 rings (SSSR count). The lowest BCUT2D eigenvalue weighted by molar-refractivity contribution is -0.164. The van der Waals surface area contributed by atoms with E-state index in [4.69, 9.17) is 18.9 Å². The fraction of sp³-hybridized carbons (Fsp3) is 0.657. The molecule has 48 heavy (non-hydrogen) atoms. The molecule has 1 amide bonds. The first-order chi connectivity index (χ1) is 22.7. The highest BCUT2D eigenvalue weighted by molar-refractivity contribution is 6.76. The lowest BCUT2D eigenvalue weighted by Crippen LogP contribution is -2.51. The van der Waals surface area contributed by atoms with E-state index in [1.54, 1.807) is 11.2 Å². The number of anilines is 1. The number of morpholine rings is 1. The van der Waals surface area contributed by atoms with Crippen molar-refractivity contribution in [3.8, 4) is 11.4 Å². The van der Waals surface area contributed by atoms with Gasteiger partial charge in [0.15, 0.2) is 6.29 Å². The molecule has 2 saturated heterocycles. The Kier molecular flexibility index (Phi) is 11.8. The molecule has 2 aromatic heterocycles. The van der Waals surface area contributed by atoms with Gasteiger partial charge in [-0.15, -0.1) is 0 Å². The number of aromatic amines is 1. The number of fused-ring (bicyclic) bond motifs is 1. The Hall–Kier alpha value is -3.10. The second kappa shape index (κ2) is 15.6. The highest BCUT2D eigenvalue weighted by atomic mass is 28.3. The van der Waals surface area contributed by atoms with Crippen molar-refractivity contribution in [1.82, 2.24) is 30.0 Å². The topological polar surface area (TPSA) is 118 Å². The molecule has 13 heteroatoms. The Morgan fingerprint density at radius 2 is 1.85 bits per heavy atom. The molecule has 0 saturated carbocycles. The van der Waals surface area contributed by atoms with E-state index >= 15 is 0 Å². The summed E-state index contributed by atoms with van der Waals surface area (Å²) in [5, 5.41) is 8.81. The number of benzene rings is 1. The van der Waals surface area contributed by atoms with Crippen LogP contribution in [0.15, 0.2) is 30.6 Å². The van der Waals surface area contributed by atoms with Crippen molar-refractivity contribution in [3.05, 3.63) is 36.2 Å². The number of ether oxygens (including phenoxy) is 4. The summed E-state index contributed by atoms with van der Waals surface area (Å²) in [6.45, 7) is 23.6. The van der Waals surface area contributed by atoms with E-state index in [0.29, 0.717) is 26.3 Å². The Morgan fingerprint density at radius 3 is 2.56 bits per heavy atom. The number of H-pyrrole nitrogens is 1. The Labute approximate surface area is 286 Å². The highest BCUT2D eigenvalue weighted by Gasteiger charge is 2.28. The van der Waals surface area contributed by atoms with E-state index in [0.717, 1.165) is 78.9 Å². The Bertz CT molecular complexity index is 1500. The fourth-order valence-corrected chi connectivity index (χ4v) is 6.60. The molecule has 1 aromatic carbocycles. The van der Waals surface area contributed by atoms with Crippen LogP contribution in [0.1, 0.15) is 52.9 Å². The van der Waals surface area contributed by atoms with Crippen LogP contribution in [0.3, 0.4) is 0 Å². The number of nitrogens with one attached hydrogen (secondary N) is 1. The van der Waals surface area contributed by atoms with Gasteiger partial charge >= 0.3 is 6.09 Å². The zero-order chi connectivity index (χ0) is 34.5. The van der Waals surface area contributed by atoms with Gasteiger partial charge in [0.05, 0.1) is 30.0 Å². The van der Waals surface area contributed by atoms with Gasteiger partial charge in [0.2, 0.25) is 0 Å². The van der Waals surface area contributed by atoms with Crippen molar-refractivity contribution in [2.24, 2.45) is 0 Å². The molecule has 3 aromatic rings. The van der Waals surface area contributed by atoms with Crippen LogP contribution in [-0.4, -0.2) is 121 Å². The third kappa shape index (κ3) is 10.2. The number of piperazine rings is 1. The van der Waals surface area contributed by atoms with Gasteiger partial charge in [-0.05, 0) is 59.2 Å². The van der Waals surface area contributed by atoms with Crippen molar-refractivity contribution in [2.75, 3.05) is 63.9 Å². The quantitative estimate of drug-likeness (QED) is 0.182. The number of aromatic nitrogens is 4. The molecule has 0 radical (unpaired) electrons. The summed E-state index contributed by atoms with van der Waals surface area (Å²) in [7, 11) is -1.24. The first-order valence-electron chi connectivity index (χ1n) is 17.4. The fourth-order valence-electron chi connectivity index (χ4n) is 5.87. The maximum absolute atomic E-state index is 12.4. The maximum atomic E-state index is 12.4. The average Bonchev–Trinajstić information content (AvgIpc) is 3.46. The van der Waals surface area contributed by atoms with Crippen molar-refractivity contribution >= 4 is 30.9 Å². The predicted octanol–water partition coefficient (Wildman–Crippen LogP) is 5.95. The van der Waals surface area contributed by atoms with Gasteiger partial charge in [0.1, 0.15) is 23.4 Å². The second-order valence-corrected chi connectivity index (χ2v) is 21.0. The van der Waals surface area contributed by atoms with Crippen LogP contribution in [0.25, 0.3) is 22.3 Å². The number of hydrogen-bond donors (Lipinski definition) is 1. The van der Waals surface area contributed by atoms with Crippen molar-refractivity contribution in [3.63, 3.8) is 0 Å². The number of hydrogen-bond acceptors (Lipinski definition) is 10. The zero-order valence-corrected chi connectivity index (χ0v) is 31.1. The summed E-state index contributed by atoms with van der Waals surface area (Å²) in [5.41, 5.74) is 2.95. The second-order valence-electron chi connectivity index (χ2n) is 15.4. The number of carbonyl (C=O) groups is 1. The molecule has 0 aliphatic carbocycles. The first-order valence-corrected chi connectivity index (χ1v) is 21.1. The van der Waals surface area contributed by atoms with E-state index in [2.05, 4.69) is 55.7 Å².